The van der Waals surface area contributed by atoms with Gasteiger partial charge in [-0.15, -0.1) is 0 Å². The number of halogens is 3. The molecule has 0 aliphatic carbocycles. The molecule has 0 amide bonds. The maximum Gasteiger partial charge on any atom is 0.390 e. The molecule has 116 valence electrons. The number of nitrogens with two attached hydrogens (primary N) is 1. The van der Waals surface area contributed by atoms with E-state index in [1.165, 1.54) is 0 Å². The SMILES string of the molecule is CN(CCOc1cccc(C#CCN)c1)CCC(F)(F)F. The normalized spacial score (nSPS) is 11.1. The third-order valence-corrected chi connectivity index (χ3v) is 2.69. The van der Waals surface area contributed by atoms with Crippen LogP contribution in [0.2, 0.25) is 0 Å². The van der Waals surface area contributed by atoms with Gasteiger partial charge in [-0.05, 0) is 25.2 Å². The molecule has 0 saturated carbocycles. The molecule has 0 aliphatic rings. The first-order valence-electron chi connectivity index (χ1n) is 6.58. The van der Waals surface area contributed by atoms with E-state index in [0.29, 0.717) is 18.9 Å². The lowest BCUT2D eigenvalue weighted by Gasteiger charge is -2.17. The molecule has 0 heterocycles. The Balaban J connectivity index is 2.35. The smallest absolute Gasteiger partial charge is 0.390 e. The van der Waals surface area contributed by atoms with E-state index in [0.717, 1.165) is 5.56 Å². The fourth-order valence-corrected chi connectivity index (χ4v) is 1.57. The number of alkyl halides is 3. The summed E-state index contributed by atoms with van der Waals surface area (Å²) in [6.45, 7) is 1.00. The Labute approximate surface area is 122 Å². The fraction of sp³-hybridized carbons (Fsp3) is 0.467. The molecule has 2 N–H and O–H groups in total. The summed E-state index contributed by atoms with van der Waals surface area (Å²) < 4.78 is 41.7. The molecule has 1 aromatic rings. The minimum absolute atomic E-state index is 0.0329. The van der Waals surface area contributed by atoms with Gasteiger partial charge in [0.15, 0.2) is 0 Å². The average Bonchev–Trinajstić information content (AvgIpc) is 2.43. The maximum atomic E-state index is 12.1. The van der Waals surface area contributed by atoms with Crippen LogP contribution in [0, 0.1) is 11.8 Å². The molecule has 1 rings (SSSR count). The van der Waals surface area contributed by atoms with Crippen LogP contribution < -0.4 is 10.5 Å². The molecule has 0 spiro atoms. The van der Waals surface area contributed by atoms with Crippen LogP contribution in [0.3, 0.4) is 0 Å². The van der Waals surface area contributed by atoms with E-state index >= 15 is 0 Å². The molecule has 0 bridgehead atoms. The largest absolute Gasteiger partial charge is 0.492 e. The number of hydrogen-bond acceptors (Lipinski definition) is 3. The zero-order valence-corrected chi connectivity index (χ0v) is 11.9. The Morgan fingerprint density at radius 1 is 1.29 bits per heavy atom. The van der Waals surface area contributed by atoms with Crippen LogP contribution in [0.25, 0.3) is 0 Å². The fourth-order valence-electron chi connectivity index (χ4n) is 1.57. The predicted molar refractivity (Wildman–Crippen MR) is 76.0 cm³/mol. The van der Waals surface area contributed by atoms with Crippen LogP contribution >= 0.6 is 0 Å². The molecule has 6 heteroatoms. The van der Waals surface area contributed by atoms with E-state index in [1.807, 2.05) is 12.1 Å². The number of nitrogens with zero attached hydrogens (tertiary/aromatic N) is 1. The highest BCUT2D eigenvalue weighted by Gasteiger charge is 2.26. The number of ether oxygens (including phenoxy) is 1. The first-order valence-corrected chi connectivity index (χ1v) is 6.58. The average molecular weight is 300 g/mol. The summed E-state index contributed by atoms with van der Waals surface area (Å²) >= 11 is 0. The van der Waals surface area contributed by atoms with Gasteiger partial charge in [-0.2, -0.15) is 13.2 Å². The van der Waals surface area contributed by atoms with Gasteiger partial charge in [0.25, 0.3) is 0 Å². The first-order chi connectivity index (χ1) is 9.90. The molecule has 0 aliphatic heterocycles. The van der Waals surface area contributed by atoms with Gasteiger partial charge in [-0.25, -0.2) is 0 Å². The van der Waals surface area contributed by atoms with Gasteiger partial charge >= 0.3 is 6.18 Å². The number of benzene rings is 1. The van der Waals surface area contributed by atoms with Gasteiger partial charge in [0.05, 0.1) is 13.0 Å². The predicted octanol–water partition coefficient (Wildman–Crippen LogP) is 2.26. The monoisotopic (exact) mass is 300 g/mol. The minimum atomic E-state index is -4.12. The van der Waals surface area contributed by atoms with Crippen molar-refractivity contribution in [1.29, 1.82) is 0 Å². The van der Waals surface area contributed by atoms with Crippen LogP contribution in [0.1, 0.15) is 12.0 Å². The van der Waals surface area contributed by atoms with Crippen LogP contribution in [0.5, 0.6) is 5.75 Å². The van der Waals surface area contributed by atoms with Crippen molar-refractivity contribution in [2.45, 2.75) is 12.6 Å². The van der Waals surface area contributed by atoms with E-state index in [-0.39, 0.29) is 13.1 Å². The third-order valence-electron chi connectivity index (χ3n) is 2.69. The lowest BCUT2D eigenvalue weighted by atomic mass is 10.2. The van der Waals surface area contributed by atoms with E-state index in [2.05, 4.69) is 11.8 Å². The second-order valence-electron chi connectivity index (χ2n) is 4.55. The quantitative estimate of drug-likeness (QED) is 0.819. The highest BCUT2D eigenvalue weighted by molar-refractivity contribution is 5.39. The van der Waals surface area contributed by atoms with Crippen molar-refractivity contribution >= 4 is 0 Å². The number of rotatable bonds is 6. The van der Waals surface area contributed by atoms with Gasteiger partial charge in [-0.1, -0.05) is 17.9 Å². The maximum absolute atomic E-state index is 12.1. The highest BCUT2D eigenvalue weighted by atomic mass is 19.4. The highest BCUT2D eigenvalue weighted by Crippen LogP contribution is 2.19. The molecule has 1 aromatic carbocycles. The van der Waals surface area contributed by atoms with Crippen molar-refractivity contribution in [3.05, 3.63) is 29.8 Å². The molecule has 0 fully saturated rings. The van der Waals surface area contributed by atoms with Crippen molar-refractivity contribution < 1.29 is 17.9 Å². The molecule has 0 unspecified atom stereocenters. The summed E-state index contributed by atoms with van der Waals surface area (Å²) in [4.78, 5) is 1.59. The zero-order valence-electron chi connectivity index (χ0n) is 11.9. The van der Waals surface area contributed by atoms with Gasteiger partial charge < -0.3 is 15.4 Å². The van der Waals surface area contributed by atoms with Crippen LogP contribution in [-0.2, 0) is 0 Å². The summed E-state index contributed by atoms with van der Waals surface area (Å²) in [5.41, 5.74) is 6.09. The Kier molecular flexibility index (Phi) is 7.06. The van der Waals surface area contributed by atoms with E-state index in [4.69, 9.17) is 10.5 Å². The Hall–Kier alpha value is -1.71. The second-order valence-corrected chi connectivity index (χ2v) is 4.55. The van der Waals surface area contributed by atoms with E-state index in [9.17, 15) is 13.2 Å². The topological polar surface area (TPSA) is 38.5 Å². The molecule has 0 saturated heterocycles. The molecular weight excluding hydrogens is 281 g/mol. The van der Waals surface area contributed by atoms with Crippen LogP contribution in [-0.4, -0.2) is 44.4 Å². The second kappa shape index (κ2) is 8.55. The van der Waals surface area contributed by atoms with Gasteiger partial charge in [0.2, 0.25) is 0 Å². The molecule has 21 heavy (non-hydrogen) atoms. The Morgan fingerprint density at radius 2 is 2.05 bits per heavy atom. The van der Waals surface area contributed by atoms with Crippen molar-refractivity contribution in [3.63, 3.8) is 0 Å². The molecule has 0 atom stereocenters. The van der Waals surface area contributed by atoms with Crippen molar-refractivity contribution in [3.8, 4) is 17.6 Å². The summed E-state index contributed by atoms with van der Waals surface area (Å²) in [6.07, 6.45) is -4.93. The van der Waals surface area contributed by atoms with E-state index < -0.39 is 12.6 Å². The molecule has 0 radical (unpaired) electrons. The van der Waals surface area contributed by atoms with Crippen LogP contribution in [0.15, 0.2) is 24.3 Å². The minimum Gasteiger partial charge on any atom is -0.492 e. The summed E-state index contributed by atoms with van der Waals surface area (Å²) in [7, 11) is 1.64. The van der Waals surface area contributed by atoms with Crippen molar-refractivity contribution in [2.24, 2.45) is 5.73 Å². The molecule has 3 nitrogen and oxygen atoms in total. The Bertz CT molecular complexity index is 492. The van der Waals surface area contributed by atoms with Gasteiger partial charge in [0.1, 0.15) is 12.4 Å². The molecular formula is C15H19F3N2O. The standard InChI is InChI=1S/C15H19F3N2O/c1-20(9-7-15(16,17)18)10-11-21-14-6-2-4-13(12-14)5-3-8-19/h2,4,6,12H,7-11,19H2,1H3. The Morgan fingerprint density at radius 3 is 2.71 bits per heavy atom. The summed E-state index contributed by atoms with van der Waals surface area (Å²) in [5, 5.41) is 0. The molecule has 0 aromatic heterocycles. The lowest BCUT2D eigenvalue weighted by Crippen LogP contribution is -2.28. The first kappa shape index (κ1) is 17.3. The number of hydrogen-bond donors (Lipinski definition) is 1. The number of likely N-dealkylation sites (N-methyl/N-ethyl adjacent to an activating group) is 1. The third kappa shape index (κ3) is 8.23. The van der Waals surface area contributed by atoms with Gasteiger partial charge in [0, 0.05) is 18.7 Å². The summed E-state index contributed by atoms with van der Waals surface area (Å²) in [5.74, 6) is 6.28. The van der Waals surface area contributed by atoms with Crippen molar-refractivity contribution in [1.82, 2.24) is 4.90 Å². The van der Waals surface area contributed by atoms with Crippen molar-refractivity contribution in [2.75, 3.05) is 33.3 Å². The zero-order chi connectivity index (χ0) is 15.7. The van der Waals surface area contributed by atoms with Crippen LogP contribution in [0.4, 0.5) is 13.2 Å². The van der Waals surface area contributed by atoms with E-state index in [1.54, 1.807) is 24.1 Å². The lowest BCUT2D eigenvalue weighted by molar-refractivity contribution is -0.137. The summed E-state index contributed by atoms with van der Waals surface area (Å²) in [6, 6.07) is 7.20. The van der Waals surface area contributed by atoms with Gasteiger partial charge in [-0.3, -0.25) is 0 Å².